The van der Waals surface area contributed by atoms with Crippen LogP contribution in [0.25, 0.3) is 0 Å². The molecule has 3 heteroatoms. The average molecular weight is 190 g/mol. The van der Waals surface area contributed by atoms with Crippen molar-refractivity contribution in [2.75, 3.05) is 0 Å². The highest BCUT2D eigenvalue weighted by atomic mass is 16.1. The van der Waals surface area contributed by atoms with Crippen LogP contribution >= 0.6 is 0 Å². The van der Waals surface area contributed by atoms with Gasteiger partial charge in [-0.1, -0.05) is 0 Å². The molecule has 0 spiro atoms. The maximum atomic E-state index is 11.8. The van der Waals surface area contributed by atoms with Crippen LogP contribution < -0.4 is 0 Å². The third kappa shape index (κ3) is 1.97. The van der Waals surface area contributed by atoms with E-state index in [-0.39, 0.29) is 5.78 Å². The first-order valence-corrected chi connectivity index (χ1v) is 5.01. The van der Waals surface area contributed by atoms with Gasteiger partial charge in [0.15, 0.2) is 5.78 Å². The van der Waals surface area contributed by atoms with Crippen molar-refractivity contribution in [3.63, 3.8) is 0 Å². The lowest BCUT2D eigenvalue weighted by molar-refractivity contribution is 0.0974. The summed E-state index contributed by atoms with van der Waals surface area (Å²) >= 11 is 0. The molecule has 1 heterocycles. The smallest absolute Gasteiger partial charge is 0.165 e. The second-order valence-electron chi connectivity index (χ2n) is 4.06. The van der Waals surface area contributed by atoms with Crippen molar-refractivity contribution < 1.29 is 4.79 Å². The van der Waals surface area contributed by atoms with Crippen molar-refractivity contribution in [3.8, 4) is 0 Å². The van der Waals surface area contributed by atoms with Crippen LogP contribution in [0.5, 0.6) is 0 Å². The number of Topliss-reactive ketones (excluding diaryl/α,β-unsaturated/α-hetero) is 1. The van der Waals surface area contributed by atoms with E-state index in [0.29, 0.717) is 12.3 Å². The van der Waals surface area contributed by atoms with Gasteiger partial charge < -0.3 is 0 Å². The van der Waals surface area contributed by atoms with Gasteiger partial charge in [0.2, 0.25) is 0 Å². The fraction of sp³-hybridized carbons (Fsp3) is 0.545. The van der Waals surface area contributed by atoms with Gasteiger partial charge in [-0.2, -0.15) is 10.2 Å². The Morgan fingerprint density at radius 3 is 2.79 bits per heavy atom. The number of carbonyl (C=O) groups is 1. The lowest BCUT2D eigenvalue weighted by atomic mass is 10.0. The van der Waals surface area contributed by atoms with Crippen molar-refractivity contribution in [3.05, 3.63) is 23.0 Å². The molecule has 1 aromatic rings. The van der Waals surface area contributed by atoms with Gasteiger partial charge in [0, 0.05) is 12.0 Å². The van der Waals surface area contributed by atoms with E-state index in [9.17, 15) is 4.79 Å². The lowest BCUT2D eigenvalue weighted by Gasteiger charge is -2.03. The third-order valence-corrected chi connectivity index (χ3v) is 2.57. The van der Waals surface area contributed by atoms with Gasteiger partial charge >= 0.3 is 0 Å². The summed E-state index contributed by atoms with van der Waals surface area (Å²) in [7, 11) is 0. The summed E-state index contributed by atoms with van der Waals surface area (Å²) in [6.07, 6.45) is 3.11. The van der Waals surface area contributed by atoms with Gasteiger partial charge in [-0.05, 0) is 38.7 Å². The lowest BCUT2D eigenvalue weighted by Crippen LogP contribution is -2.06. The zero-order valence-corrected chi connectivity index (χ0v) is 8.58. The van der Waals surface area contributed by atoms with Gasteiger partial charge in [0.05, 0.1) is 11.4 Å². The van der Waals surface area contributed by atoms with Crippen molar-refractivity contribution in [1.29, 1.82) is 0 Å². The molecule has 1 saturated carbocycles. The molecule has 0 amide bonds. The molecule has 0 aliphatic heterocycles. The average Bonchev–Trinajstić information content (AvgIpc) is 2.93. The van der Waals surface area contributed by atoms with Crippen molar-refractivity contribution >= 4 is 5.78 Å². The van der Waals surface area contributed by atoms with Crippen LogP contribution in [0.2, 0.25) is 0 Å². The standard InChI is InChI=1S/C11H14N2O/c1-7-5-10(8(2)13-12-7)11(14)6-9-3-4-9/h5,9H,3-4,6H2,1-2H3. The van der Waals surface area contributed by atoms with E-state index in [2.05, 4.69) is 10.2 Å². The molecule has 2 rings (SSSR count). The molecule has 1 aliphatic carbocycles. The monoisotopic (exact) mass is 190 g/mol. The molecule has 0 radical (unpaired) electrons. The van der Waals surface area contributed by atoms with E-state index in [1.165, 1.54) is 12.8 Å². The summed E-state index contributed by atoms with van der Waals surface area (Å²) in [5, 5.41) is 7.87. The van der Waals surface area contributed by atoms with E-state index in [4.69, 9.17) is 0 Å². The molecule has 0 saturated heterocycles. The maximum absolute atomic E-state index is 11.8. The number of aryl methyl sites for hydroxylation is 2. The summed E-state index contributed by atoms with van der Waals surface area (Å²) in [6.45, 7) is 3.70. The number of rotatable bonds is 3. The highest BCUT2D eigenvalue weighted by Gasteiger charge is 2.25. The van der Waals surface area contributed by atoms with Crippen LogP contribution in [0.4, 0.5) is 0 Å². The Morgan fingerprint density at radius 2 is 2.14 bits per heavy atom. The number of carbonyl (C=O) groups excluding carboxylic acids is 1. The van der Waals surface area contributed by atoms with E-state index < -0.39 is 0 Å². The molecule has 74 valence electrons. The minimum Gasteiger partial charge on any atom is -0.294 e. The molecule has 0 atom stereocenters. The second kappa shape index (κ2) is 3.48. The Hall–Kier alpha value is -1.25. The molecule has 1 fully saturated rings. The molecule has 1 aliphatic rings. The van der Waals surface area contributed by atoms with E-state index in [1.54, 1.807) is 0 Å². The zero-order chi connectivity index (χ0) is 10.1. The first-order chi connectivity index (χ1) is 6.66. The molecular weight excluding hydrogens is 176 g/mol. The second-order valence-corrected chi connectivity index (χ2v) is 4.06. The Morgan fingerprint density at radius 1 is 1.43 bits per heavy atom. The third-order valence-electron chi connectivity index (χ3n) is 2.57. The molecule has 3 nitrogen and oxygen atoms in total. The summed E-state index contributed by atoms with van der Waals surface area (Å²) < 4.78 is 0. The quantitative estimate of drug-likeness (QED) is 0.685. The number of aromatic nitrogens is 2. The summed E-state index contributed by atoms with van der Waals surface area (Å²) in [5.74, 6) is 0.860. The minimum atomic E-state index is 0.225. The SMILES string of the molecule is Cc1cc(C(=O)CC2CC2)c(C)nn1. The topological polar surface area (TPSA) is 42.9 Å². The molecule has 1 aromatic heterocycles. The molecule has 0 bridgehead atoms. The zero-order valence-electron chi connectivity index (χ0n) is 8.58. The first kappa shape index (κ1) is 9.31. The summed E-state index contributed by atoms with van der Waals surface area (Å²) in [6, 6.07) is 1.84. The largest absolute Gasteiger partial charge is 0.294 e. The van der Waals surface area contributed by atoms with Crippen LogP contribution in [0.1, 0.15) is 41.0 Å². The highest BCUT2D eigenvalue weighted by Crippen LogP contribution is 2.33. The maximum Gasteiger partial charge on any atom is 0.165 e. The van der Waals surface area contributed by atoms with Crippen molar-refractivity contribution in [1.82, 2.24) is 10.2 Å². The number of hydrogen-bond acceptors (Lipinski definition) is 3. The van der Waals surface area contributed by atoms with Gasteiger partial charge in [0.1, 0.15) is 0 Å². The van der Waals surface area contributed by atoms with E-state index in [1.807, 2.05) is 19.9 Å². The first-order valence-electron chi connectivity index (χ1n) is 5.01. The van der Waals surface area contributed by atoms with Gasteiger partial charge in [0.25, 0.3) is 0 Å². The van der Waals surface area contributed by atoms with Gasteiger partial charge in [-0.25, -0.2) is 0 Å². The molecule has 14 heavy (non-hydrogen) atoms. The number of hydrogen-bond donors (Lipinski definition) is 0. The van der Waals surface area contributed by atoms with Gasteiger partial charge in [-0.15, -0.1) is 0 Å². The molecule has 0 unspecified atom stereocenters. The Kier molecular flexibility index (Phi) is 2.32. The Balaban J connectivity index is 2.20. The summed E-state index contributed by atoms with van der Waals surface area (Å²) in [4.78, 5) is 11.8. The molecule has 0 N–H and O–H groups in total. The van der Waals surface area contributed by atoms with Crippen molar-refractivity contribution in [2.24, 2.45) is 5.92 Å². The van der Waals surface area contributed by atoms with Crippen LogP contribution in [0.15, 0.2) is 6.07 Å². The summed E-state index contributed by atoms with van der Waals surface area (Å²) in [5.41, 5.74) is 2.32. The molecular formula is C11H14N2O. The van der Waals surface area contributed by atoms with Gasteiger partial charge in [-0.3, -0.25) is 4.79 Å². The van der Waals surface area contributed by atoms with Crippen LogP contribution in [0.3, 0.4) is 0 Å². The van der Waals surface area contributed by atoms with E-state index >= 15 is 0 Å². The van der Waals surface area contributed by atoms with Crippen LogP contribution in [-0.4, -0.2) is 16.0 Å². The number of ketones is 1. The Labute approximate surface area is 83.5 Å². The minimum absolute atomic E-state index is 0.225. The Bertz CT molecular complexity index is 370. The fourth-order valence-electron chi connectivity index (χ4n) is 1.53. The van der Waals surface area contributed by atoms with E-state index in [0.717, 1.165) is 17.0 Å². The number of nitrogens with zero attached hydrogens (tertiary/aromatic N) is 2. The fourth-order valence-corrected chi connectivity index (χ4v) is 1.53. The normalized spacial score (nSPS) is 15.6. The highest BCUT2D eigenvalue weighted by molar-refractivity contribution is 5.97. The van der Waals surface area contributed by atoms with Crippen molar-refractivity contribution in [2.45, 2.75) is 33.1 Å². The predicted octanol–water partition coefficient (Wildman–Crippen LogP) is 2.08. The van der Waals surface area contributed by atoms with Crippen LogP contribution in [0, 0.1) is 19.8 Å². The van der Waals surface area contributed by atoms with Crippen LogP contribution in [-0.2, 0) is 0 Å². The predicted molar refractivity (Wildman–Crippen MR) is 53.2 cm³/mol. The molecule has 0 aromatic carbocycles.